The van der Waals surface area contributed by atoms with Gasteiger partial charge in [-0.3, -0.25) is 4.79 Å². The Kier molecular flexibility index (Phi) is 9.30. The second kappa shape index (κ2) is 11.0. The summed E-state index contributed by atoms with van der Waals surface area (Å²) in [5.41, 5.74) is 0.832. The van der Waals surface area contributed by atoms with Gasteiger partial charge in [-0.2, -0.15) is 0 Å². The Balaban J connectivity index is 0.00000288. The number of anilines is 1. The van der Waals surface area contributed by atoms with Crippen LogP contribution >= 0.6 is 24.2 Å². The fraction of sp³-hybridized carbons (Fsp3) is 0.278. The molecule has 1 amide bonds. The van der Waals surface area contributed by atoms with E-state index < -0.39 is 0 Å². The topological polar surface area (TPSA) is 50.4 Å². The van der Waals surface area contributed by atoms with Gasteiger partial charge >= 0.3 is 0 Å². The van der Waals surface area contributed by atoms with Gasteiger partial charge in [-0.1, -0.05) is 11.8 Å². The SMILES string of the molecule is CNCCCC(=O)Nc1ccc(Sc2ccc(OC)cc2)cc1.Cl. The molecule has 0 bridgehead atoms. The average molecular weight is 367 g/mol. The molecule has 4 nitrogen and oxygen atoms in total. The summed E-state index contributed by atoms with van der Waals surface area (Å²) in [6.07, 6.45) is 1.37. The first kappa shape index (κ1) is 20.4. The summed E-state index contributed by atoms with van der Waals surface area (Å²) in [6, 6.07) is 15.8. The molecule has 2 rings (SSSR count). The van der Waals surface area contributed by atoms with Gasteiger partial charge in [-0.25, -0.2) is 0 Å². The van der Waals surface area contributed by atoms with Gasteiger partial charge in [-0.15, -0.1) is 12.4 Å². The van der Waals surface area contributed by atoms with Crippen LogP contribution < -0.4 is 15.4 Å². The monoisotopic (exact) mass is 366 g/mol. The van der Waals surface area contributed by atoms with Crippen LogP contribution in [0, 0.1) is 0 Å². The Hall–Kier alpha value is -1.69. The zero-order valence-electron chi connectivity index (χ0n) is 13.9. The third-order valence-electron chi connectivity index (χ3n) is 3.26. The molecule has 130 valence electrons. The highest BCUT2D eigenvalue weighted by atomic mass is 35.5. The van der Waals surface area contributed by atoms with Crippen molar-refractivity contribution in [3.63, 3.8) is 0 Å². The zero-order valence-corrected chi connectivity index (χ0v) is 15.5. The van der Waals surface area contributed by atoms with E-state index >= 15 is 0 Å². The van der Waals surface area contributed by atoms with Gasteiger partial charge in [0.25, 0.3) is 0 Å². The minimum absolute atomic E-state index is 0. The third-order valence-corrected chi connectivity index (χ3v) is 4.28. The van der Waals surface area contributed by atoms with Crippen LogP contribution in [0.5, 0.6) is 5.75 Å². The van der Waals surface area contributed by atoms with Crippen LogP contribution in [-0.2, 0) is 4.79 Å². The summed E-state index contributed by atoms with van der Waals surface area (Å²) in [6.45, 7) is 0.852. The number of hydrogen-bond acceptors (Lipinski definition) is 4. The molecule has 24 heavy (non-hydrogen) atoms. The Morgan fingerprint density at radius 3 is 2.17 bits per heavy atom. The molecule has 0 radical (unpaired) electrons. The van der Waals surface area contributed by atoms with Gasteiger partial charge in [0, 0.05) is 21.9 Å². The molecule has 0 aromatic heterocycles. The van der Waals surface area contributed by atoms with E-state index in [2.05, 4.69) is 10.6 Å². The lowest BCUT2D eigenvalue weighted by Gasteiger charge is -2.07. The number of benzene rings is 2. The van der Waals surface area contributed by atoms with Crippen LogP contribution in [0.15, 0.2) is 58.3 Å². The predicted molar refractivity (Wildman–Crippen MR) is 103 cm³/mol. The van der Waals surface area contributed by atoms with E-state index in [0.29, 0.717) is 6.42 Å². The molecule has 0 saturated heterocycles. The zero-order chi connectivity index (χ0) is 16.5. The van der Waals surface area contributed by atoms with Crippen molar-refractivity contribution in [2.75, 3.05) is 26.0 Å². The van der Waals surface area contributed by atoms with E-state index in [1.165, 1.54) is 0 Å². The number of hydrogen-bond donors (Lipinski definition) is 2. The van der Waals surface area contributed by atoms with E-state index in [1.807, 2.05) is 55.6 Å². The number of nitrogens with one attached hydrogen (secondary N) is 2. The molecule has 6 heteroatoms. The molecule has 0 spiro atoms. The van der Waals surface area contributed by atoms with Crippen molar-refractivity contribution in [2.24, 2.45) is 0 Å². The highest BCUT2D eigenvalue weighted by Crippen LogP contribution is 2.29. The summed E-state index contributed by atoms with van der Waals surface area (Å²) in [5, 5.41) is 5.95. The molecule has 0 fully saturated rings. The van der Waals surface area contributed by atoms with Gasteiger partial charge < -0.3 is 15.4 Å². The minimum atomic E-state index is 0. The van der Waals surface area contributed by atoms with Crippen LogP contribution in [-0.4, -0.2) is 26.6 Å². The number of rotatable bonds is 8. The number of methoxy groups -OCH3 is 1. The molecule has 2 aromatic carbocycles. The molecule has 0 saturated carbocycles. The van der Waals surface area contributed by atoms with Crippen molar-refractivity contribution in [3.8, 4) is 5.75 Å². The average Bonchev–Trinajstić information content (AvgIpc) is 2.57. The number of carbonyl (C=O) groups excluding carboxylic acids is 1. The fourth-order valence-electron chi connectivity index (χ4n) is 2.04. The predicted octanol–water partition coefficient (Wildman–Crippen LogP) is 4.21. The van der Waals surface area contributed by atoms with Gasteiger partial charge in [0.1, 0.15) is 5.75 Å². The van der Waals surface area contributed by atoms with E-state index in [4.69, 9.17) is 4.74 Å². The fourth-order valence-corrected chi connectivity index (χ4v) is 2.85. The standard InChI is InChI=1S/C18H22N2O2S.ClH/c1-19-13-3-4-18(21)20-14-5-9-16(10-6-14)23-17-11-7-15(22-2)8-12-17;/h5-12,19H,3-4,13H2,1-2H3,(H,20,21);1H. The van der Waals surface area contributed by atoms with E-state index in [1.54, 1.807) is 18.9 Å². The number of halogens is 1. The van der Waals surface area contributed by atoms with Crippen molar-refractivity contribution in [2.45, 2.75) is 22.6 Å². The maximum absolute atomic E-state index is 11.8. The molecular formula is C18H23ClN2O2S. The maximum atomic E-state index is 11.8. The first-order valence-electron chi connectivity index (χ1n) is 7.57. The Labute approximate surface area is 153 Å². The van der Waals surface area contributed by atoms with Crippen LogP contribution in [0.1, 0.15) is 12.8 Å². The molecule has 0 unspecified atom stereocenters. The summed E-state index contributed by atoms with van der Waals surface area (Å²) in [5.74, 6) is 0.904. The summed E-state index contributed by atoms with van der Waals surface area (Å²) >= 11 is 1.67. The molecule has 0 aliphatic heterocycles. The summed E-state index contributed by atoms with van der Waals surface area (Å²) < 4.78 is 5.15. The molecule has 0 heterocycles. The summed E-state index contributed by atoms with van der Waals surface area (Å²) in [7, 11) is 3.55. The summed E-state index contributed by atoms with van der Waals surface area (Å²) in [4.78, 5) is 14.0. The maximum Gasteiger partial charge on any atom is 0.224 e. The van der Waals surface area contributed by atoms with E-state index in [9.17, 15) is 4.79 Å². The number of carbonyl (C=O) groups is 1. The van der Waals surface area contributed by atoms with Crippen LogP contribution in [0.2, 0.25) is 0 Å². The number of amides is 1. The van der Waals surface area contributed by atoms with E-state index in [-0.39, 0.29) is 18.3 Å². The molecule has 0 aliphatic carbocycles. The van der Waals surface area contributed by atoms with Gasteiger partial charge in [0.05, 0.1) is 7.11 Å². The molecule has 2 aromatic rings. The number of ether oxygens (including phenoxy) is 1. The third kappa shape index (κ3) is 6.83. The molecular weight excluding hydrogens is 344 g/mol. The Morgan fingerprint density at radius 1 is 1.04 bits per heavy atom. The Morgan fingerprint density at radius 2 is 1.62 bits per heavy atom. The lowest BCUT2D eigenvalue weighted by molar-refractivity contribution is -0.116. The van der Waals surface area contributed by atoms with E-state index in [0.717, 1.165) is 34.2 Å². The van der Waals surface area contributed by atoms with Crippen LogP contribution in [0.3, 0.4) is 0 Å². The lowest BCUT2D eigenvalue weighted by atomic mass is 10.2. The highest BCUT2D eigenvalue weighted by Gasteiger charge is 2.03. The van der Waals surface area contributed by atoms with Crippen molar-refractivity contribution >= 4 is 35.8 Å². The minimum Gasteiger partial charge on any atom is -0.497 e. The van der Waals surface area contributed by atoms with Crippen molar-refractivity contribution in [1.29, 1.82) is 0 Å². The molecule has 0 atom stereocenters. The van der Waals surface area contributed by atoms with Gasteiger partial charge in [0.2, 0.25) is 5.91 Å². The first-order valence-corrected chi connectivity index (χ1v) is 8.39. The largest absolute Gasteiger partial charge is 0.497 e. The second-order valence-electron chi connectivity index (χ2n) is 5.06. The van der Waals surface area contributed by atoms with Crippen molar-refractivity contribution in [1.82, 2.24) is 5.32 Å². The van der Waals surface area contributed by atoms with Gasteiger partial charge in [-0.05, 0) is 68.5 Å². The Bertz CT molecular complexity index is 618. The lowest BCUT2D eigenvalue weighted by Crippen LogP contribution is -2.15. The highest BCUT2D eigenvalue weighted by molar-refractivity contribution is 7.99. The van der Waals surface area contributed by atoms with Crippen LogP contribution in [0.25, 0.3) is 0 Å². The molecule has 2 N–H and O–H groups in total. The van der Waals surface area contributed by atoms with Crippen LogP contribution in [0.4, 0.5) is 5.69 Å². The first-order chi connectivity index (χ1) is 11.2. The smallest absolute Gasteiger partial charge is 0.224 e. The van der Waals surface area contributed by atoms with Crippen molar-refractivity contribution < 1.29 is 9.53 Å². The quantitative estimate of drug-likeness (QED) is 0.687. The van der Waals surface area contributed by atoms with Gasteiger partial charge in [0.15, 0.2) is 0 Å². The normalized spacial score (nSPS) is 9.92. The molecule has 0 aliphatic rings. The second-order valence-corrected chi connectivity index (χ2v) is 6.20. The van der Waals surface area contributed by atoms with Crippen molar-refractivity contribution in [3.05, 3.63) is 48.5 Å².